The molecule has 5 rings (SSSR count). The first-order valence-corrected chi connectivity index (χ1v) is 19.1. The van der Waals surface area contributed by atoms with Crippen LogP contribution in [0.4, 0.5) is 10.5 Å². The lowest BCUT2D eigenvalue weighted by molar-refractivity contribution is 0.0492. The number of furan rings is 1. The summed E-state index contributed by atoms with van der Waals surface area (Å²) in [5, 5.41) is 9.17. The van der Waals surface area contributed by atoms with E-state index in [1.807, 2.05) is 69.4 Å². The molecule has 0 atom stereocenters. The number of hydrogen-bond donors (Lipinski definition) is 2. The first kappa shape index (κ1) is 30.9. The van der Waals surface area contributed by atoms with Crippen LogP contribution in [0.25, 0.3) is 33.1 Å². The van der Waals surface area contributed by atoms with Crippen LogP contribution in [0, 0.1) is 0 Å². The molecule has 0 spiro atoms. The highest BCUT2D eigenvalue weighted by molar-refractivity contribution is 6.76. The summed E-state index contributed by atoms with van der Waals surface area (Å²) in [6.45, 7) is 13.4. The minimum atomic E-state index is -1.24. The largest absolute Gasteiger partial charge is 0.456 e. The predicted molar refractivity (Wildman–Crippen MR) is 177 cm³/mol. The summed E-state index contributed by atoms with van der Waals surface area (Å²) < 4.78 is 19.3. The maximum Gasteiger partial charge on any atom is 0.407 e. The molecule has 4 aromatic rings. The first-order valence-electron chi connectivity index (χ1n) is 15.3. The fraction of sp³-hybridized carbons (Fsp3) is 0.471. The second-order valence-electron chi connectivity index (χ2n) is 13.9. The number of para-hydroxylation sites is 1. The second-order valence-corrected chi connectivity index (χ2v) is 19.5. The van der Waals surface area contributed by atoms with Crippen molar-refractivity contribution in [2.24, 2.45) is 0 Å². The monoisotopic (exact) mass is 603 g/mol. The molecule has 1 saturated carbocycles. The van der Waals surface area contributed by atoms with Gasteiger partial charge in [-0.05, 0) is 82.8 Å². The molecule has 8 nitrogen and oxygen atoms in total. The van der Waals surface area contributed by atoms with Gasteiger partial charge < -0.3 is 24.5 Å². The van der Waals surface area contributed by atoms with Gasteiger partial charge in [-0.15, -0.1) is 0 Å². The Balaban J connectivity index is 1.37. The number of hydrogen-bond acceptors (Lipinski definition) is 6. The van der Waals surface area contributed by atoms with Crippen molar-refractivity contribution >= 4 is 41.6 Å². The van der Waals surface area contributed by atoms with Crippen LogP contribution in [0.15, 0.2) is 63.9 Å². The highest BCUT2D eigenvalue weighted by Gasteiger charge is 2.25. The molecule has 0 aliphatic heterocycles. The molecule has 2 heterocycles. The van der Waals surface area contributed by atoms with Gasteiger partial charge in [0.15, 0.2) is 0 Å². The van der Waals surface area contributed by atoms with E-state index in [-0.39, 0.29) is 30.5 Å². The van der Waals surface area contributed by atoms with Crippen LogP contribution >= 0.6 is 0 Å². The molecule has 1 aliphatic carbocycles. The smallest absolute Gasteiger partial charge is 0.407 e. The molecule has 1 aliphatic rings. The van der Waals surface area contributed by atoms with E-state index in [0.717, 1.165) is 59.3 Å². The van der Waals surface area contributed by atoms with Crippen LogP contribution < -0.4 is 16.2 Å². The lowest BCUT2D eigenvalue weighted by Crippen LogP contribution is -2.42. The third-order valence-corrected chi connectivity index (χ3v) is 9.53. The fourth-order valence-electron chi connectivity index (χ4n) is 5.52. The van der Waals surface area contributed by atoms with Crippen LogP contribution in [0.1, 0.15) is 46.5 Å². The Labute approximate surface area is 254 Å². The summed E-state index contributed by atoms with van der Waals surface area (Å²) in [4.78, 5) is 25.8. The van der Waals surface area contributed by atoms with E-state index >= 15 is 0 Å². The Morgan fingerprint density at radius 3 is 2.42 bits per heavy atom. The van der Waals surface area contributed by atoms with E-state index in [4.69, 9.17) is 13.9 Å². The van der Waals surface area contributed by atoms with Crippen molar-refractivity contribution in [2.45, 2.75) is 96.6 Å². The van der Waals surface area contributed by atoms with Gasteiger partial charge in [-0.3, -0.25) is 9.36 Å². The standard InChI is InChI=1S/C34H45N3O5Si/c1-34(2,3)42-33(39)36-25-13-11-24(12-14-25)35-26-15-16-27-28(20-26)29(31-19-23-9-7-8-10-30(23)41-31)21-37(32(27)38)22-40-17-18-43(4,5)6/h7-10,15-16,19-21,24-25,35H,11-14,17-18,22H2,1-6H3,(H,36,39)/t24-,25-. The summed E-state index contributed by atoms with van der Waals surface area (Å²) in [7, 11) is -1.24. The number of alkyl carbamates (subject to hydrolysis) is 1. The Morgan fingerprint density at radius 2 is 1.72 bits per heavy atom. The molecule has 2 N–H and O–H groups in total. The van der Waals surface area contributed by atoms with Crippen molar-refractivity contribution < 1.29 is 18.7 Å². The zero-order valence-corrected chi connectivity index (χ0v) is 27.3. The van der Waals surface area contributed by atoms with Crippen molar-refractivity contribution in [1.82, 2.24) is 9.88 Å². The number of nitrogens with one attached hydrogen (secondary N) is 2. The number of fused-ring (bicyclic) bond motifs is 2. The van der Waals surface area contributed by atoms with Crippen molar-refractivity contribution in [3.05, 3.63) is 65.1 Å². The Bertz CT molecular complexity index is 1610. The molecule has 43 heavy (non-hydrogen) atoms. The maximum absolute atomic E-state index is 13.6. The van der Waals surface area contributed by atoms with Crippen LogP contribution in [0.2, 0.25) is 25.7 Å². The maximum atomic E-state index is 13.6. The highest BCUT2D eigenvalue weighted by atomic mass is 28.3. The molecular weight excluding hydrogens is 558 g/mol. The number of ether oxygens (including phenoxy) is 2. The van der Waals surface area contributed by atoms with Gasteiger partial charge in [0.05, 0.1) is 0 Å². The molecule has 0 saturated heterocycles. The average molecular weight is 604 g/mol. The van der Waals surface area contributed by atoms with Crippen LogP contribution in [-0.4, -0.2) is 43.0 Å². The summed E-state index contributed by atoms with van der Waals surface area (Å²) >= 11 is 0. The second kappa shape index (κ2) is 12.6. The zero-order chi connectivity index (χ0) is 30.8. The van der Waals surface area contributed by atoms with Crippen LogP contribution in [0.3, 0.4) is 0 Å². The van der Waals surface area contributed by atoms with Gasteiger partial charge in [0.2, 0.25) is 0 Å². The average Bonchev–Trinajstić information content (AvgIpc) is 3.36. The van der Waals surface area contributed by atoms with Crippen LogP contribution in [0.5, 0.6) is 0 Å². The number of carbonyl (C=O) groups excluding carboxylic acids is 1. The van der Waals surface area contributed by atoms with Gasteiger partial charge in [0.25, 0.3) is 5.56 Å². The van der Waals surface area contributed by atoms with Gasteiger partial charge >= 0.3 is 6.09 Å². The number of anilines is 1. The Kier molecular flexibility index (Phi) is 9.03. The van der Waals surface area contributed by atoms with Crippen molar-refractivity contribution in [3.63, 3.8) is 0 Å². The quantitative estimate of drug-likeness (QED) is 0.149. The molecule has 2 aromatic heterocycles. The van der Waals surface area contributed by atoms with E-state index < -0.39 is 13.7 Å². The lowest BCUT2D eigenvalue weighted by atomic mass is 9.91. The zero-order valence-electron chi connectivity index (χ0n) is 26.3. The van der Waals surface area contributed by atoms with E-state index in [1.54, 1.807) is 4.57 Å². The van der Waals surface area contributed by atoms with Gasteiger partial charge in [0.1, 0.15) is 23.7 Å². The van der Waals surface area contributed by atoms with Gasteiger partial charge in [-0.2, -0.15) is 0 Å². The summed E-state index contributed by atoms with van der Waals surface area (Å²) in [5.41, 5.74) is 2.03. The number of amides is 1. The molecule has 1 amide bonds. The molecule has 0 unspecified atom stereocenters. The molecule has 0 radical (unpaired) electrons. The third kappa shape index (κ3) is 8.09. The topological polar surface area (TPSA) is 94.7 Å². The predicted octanol–water partition coefficient (Wildman–Crippen LogP) is 7.97. The SMILES string of the molecule is CC(C)(C)OC(=O)N[C@H]1CC[C@H](Nc2ccc3c(=O)n(COCC[Si](C)(C)C)cc(-c4cc5ccccc5o4)c3c2)CC1. The molecule has 0 bridgehead atoms. The minimum absolute atomic E-state index is 0.0804. The summed E-state index contributed by atoms with van der Waals surface area (Å²) in [6, 6.07) is 17.3. The Hall–Kier alpha value is -3.56. The van der Waals surface area contributed by atoms with Crippen molar-refractivity contribution in [2.75, 3.05) is 11.9 Å². The van der Waals surface area contributed by atoms with Gasteiger partial charge in [-0.1, -0.05) is 37.8 Å². The summed E-state index contributed by atoms with van der Waals surface area (Å²) in [5.74, 6) is 0.716. The number of benzene rings is 2. The lowest BCUT2D eigenvalue weighted by Gasteiger charge is -2.31. The Morgan fingerprint density at radius 1 is 1.00 bits per heavy atom. The van der Waals surface area contributed by atoms with E-state index in [9.17, 15) is 9.59 Å². The van der Waals surface area contributed by atoms with E-state index in [1.165, 1.54) is 0 Å². The fourth-order valence-corrected chi connectivity index (χ4v) is 6.28. The number of nitrogens with zero attached hydrogens (tertiary/aromatic N) is 1. The third-order valence-electron chi connectivity index (χ3n) is 7.82. The molecule has 9 heteroatoms. The summed E-state index contributed by atoms with van der Waals surface area (Å²) in [6.07, 6.45) is 5.10. The van der Waals surface area contributed by atoms with Crippen molar-refractivity contribution in [1.29, 1.82) is 0 Å². The molecule has 230 valence electrons. The van der Waals surface area contributed by atoms with Crippen LogP contribution in [-0.2, 0) is 16.2 Å². The number of pyridine rings is 1. The molecule has 2 aromatic carbocycles. The minimum Gasteiger partial charge on any atom is -0.456 e. The van der Waals surface area contributed by atoms with E-state index in [2.05, 4.69) is 36.3 Å². The number of rotatable bonds is 9. The van der Waals surface area contributed by atoms with E-state index in [0.29, 0.717) is 17.8 Å². The highest BCUT2D eigenvalue weighted by Crippen LogP contribution is 2.34. The number of carbonyl (C=O) groups is 1. The molecular formula is C34H45N3O5Si. The van der Waals surface area contributed by atoms with Gasteiger partial charge in [-0.25, -0.2) is 4.79 Å². The van der Waals surface area contributed by atoms with Gasteiger partial charge in [0, 0.05) is 60.4 Å². The first-order chi connectivity index (χ1) is 20.3. The molecule has 1 fully saturated rings. The number of aromatic nitrogens is 1. The van der Waals surface area contributed by atoms with Crippen molar-refractivity contribution in [3.8, 4) is 11.3 Å². The normalized spacial score (nSPS) is 17.7.